The predicted molar refractivity (Wildman–Crippen MR) is 111 cm³/mol. The quantitative estimate of drug-likeness (QED) is 0.548. The number of carbonyl (C=O) groups excluding carboxylic acids is 1. The van der Waals surface area contributed by atoms with Gasteiger partial charge in [0.15, 0.2) is 0 Å². The molecule has 0 spiro atoms. The molecule has 2 aromatic carbocycles. The molecule has 0 heterocycles. The van der Waals surface area contributed by atoms with Gasteiger partial charge in [-0.15, -0.1) is 0 Å². The van der Waals surface area contributed by atoms with Crippen LogP contribution in [0.1, 0.15) is 47.3 Å². The molecule has 0 aromatic heterocycles. The highest BCUT2D eigenvalue weighted by molar-refractivity contribution is 9.10. The zero-order chi connectivity index (χ0) is 19.6. The Labute approximate surface area is 170 Å². The van der Waals surface area contributed by atoms with Gasteiger partial charge in [0.05, 0.1) is 6.10 Å². The molecule has 3 unspecified atom stereocenters. The summed E-state index contributed by atoms with van der Waals surface area (Å²) in [6.45, 7) is 6.74. The van der Waals surface area contributed by atoms with E-state index in [9.17, 15) is 4.79 Å². The van der Waals surface area contributed by atoms with Crippen LogP contribution in [0.3, 0.4) is 0 Å². The Balaban J connectivity index is 1.96. The van der Waals surface area contributed by atoms with Gasteiger partial charge >= 0.3 is 0 Å². The van der Waals surface area contributed by atoms with Crippen LogP contribution in [-0.2, 0) is 22.6 Å². The number of halogens is 1. The van der Waals surface area contributed by atoms with E-state index in [1.165, 1.54) is 16.7 Å². The number of hydrogen-bond acceptors (Lipinski definition) is 3. The molecule has 0 bridgehead atoms. The van der Waals surface area contributed by atoms with Crippen molar-refractivity contribution < 1.29 is 14.3 Å². The second kappa shape index (κ2) is 8.57. The molecule has 4 heteroatoms. The Kier molecular flexibility index (Phi) is 6.38. The van der Waals surface area contributed by atoms with Crippen LogP contribution in [-0.4, -0.2) is 13.4 Å². The Bertz CT molecular complexity index is 831. The summed E-state index contributed by atoms with van der Waals surface area (Å²) in [5.41, 5.74) is 6.03. The third kappa shape index (κ3) is 3.97. The molecule has 1 aliphatic rings. The summed E-state index contributed by atoms with van der Waals surface area (Å²) in [7, 11) is 1.74. The van der Waals surface area contributed by atoms with E-state index in [0.717, 1.165) is 40.5 Å². The maximum atomic E-state index is 11.4. The molecule has 3 atom stereocenters. The number of ether oxygens (including phenoxy) is 2. The summed E-state index contributed by atoms with van der Waals surface area (Å²) >= 11 is 3.58. The van der Waals surface area contributed by atoms with Gasteiger partial charge in [-0.25, -0.2) is 0 Å². The van der Waals surface area contributed by atoms with Crippen molar-refractivity contribution in [1.29, 1.82) is 0 Å². The predicted octanol–water partition coefficient (Wildman–Crippen LogP) is 5.73. The summed E-state index contributed by atoms with van der Waals surface area (Å²) in [6, 6.07) is 10.2. The van der Waals surface area contributed by atoms with Gasteiger partial charge in [0.1, 0.15) is 18.6 Å². The molecule has 144 valence electrons. The zero-order valence-corrected chi connectivity index (χ0v) is 18.0. The smallest absolute Gasteiger partial charge is 0.123 e. The standard InChI is InChI=1S/C23H27BrO3/c1-14-11-21(27-13-17-7-5-6-8-20(17)24)16(3)22-18(14)9-10-19(15(2)12-25)23(22)26-4/h5-8,11-12,15,19,23H,9-10,13H2,1-4H3. The average molecular weight is 431 g/mol. The Morgan fingerprint density at radius 1 is 1.30 bits per heavy atom. The first-order chi connectivity index (χ1) is 13.0. The minimum absolute atomic E-state index is 0.0207. The molecule has 0 aliphatic heterocycles. The highest BCUT2D eigenvalue weighted by Crippen LogP contribution is 2.45. The van der Waals surface area contributed by atoms with Crippen LogP contribution >= 0.6 is 15.9 Å². The number of aryl methyl sites for hydroxylation is 1. The fourth-order valence-corrected chi connectivity index (χ4v) is 4.61. The molecule has 0 N–H and O–H groups in total. The molecule has 2 aromatic rings. The van der Waals surface area contributed by atoms with E-state index >= 15 is 0 Å². The number of aldehydes is 1. The van der Waals surface area contributed by atoms with Gasteiger partial charge in [0.25, 0.3) is 0 Å². The maximum absolute atomic E-state index is 11.4. The number of fused-ring (bicyclic) bond motifs is 1. The van der Waals surface area contributed by atoms with Crippen molar-refractivity contribution in [1.82, 2.24) is 0 Å². The van der Waals surface area contributed by atoms with E-state index in [2.05, 4.69) is 41.9 Å². The topological polar surface area (TPSA) is 35.5 Å². The van der Waals surface area contributed by atoms with Crippen molar-refractivity contribution in [2.75, 3.05) is 7.11 Å². The van der Waals surface area contributed by atoms with Crippen LogP contribution in [0.4, 0.5) is 0 Å². The first kappa shape index (κ1) is 20.1. The van der Waals surface area contributed by atoms with Crippen molar-refractivity contribution in [3.05, 3.63) is 62.6 Å². The van der Waals surface area contributed by atoms with E-state index in [-0.39, 0.29) is 17.9 Å². The van der Waals surface area contributed by atoms with E-state index in [1.54, 1.807) is 7.11 Å². The fraction of sp³-hybridized carbons (Fsp3) is 0.435. The molecule has 3 nitrogen and oxygen atoms in total. The van der Waals surface area contributed by atoms with Crippen LogP contribution in [0.25, 0.3) is 0 Å². The Morgan fingerprint density at radius 2 is 2.04 bits per heavy atom. The largest absolute Gasteiger partial charge is 0.489 e. The molecule has 3 rings (SSSR count). The molecule has 0 radical (unpaired) electrons. The third-order valence-electron chi connectivity index (χ3n) is 5.81. The van der Waals surface area contributed by atoms with Crippen LogP contribution in [0, 0.1) is 25.7 Å². The molecular formula is C23H27BrO3. The lowest BCUT2D eigenvalue weighted by molar-refractivity contribution is -0.114. The van der Waals surface area contributed by atoms with Crippen LogP contribution in [0.5, 0.6) is 5.75 Å². The van der Waals surface area contributed by atoms with Crippen molar-refractivity contribution in [2.45, 2.75) is 46.3 Å². The first-order valence-corrected chi connectivity index (χ1v) is 10.2. The summed E-state index contributed by atoms with van der Waals surface area (Å²) < 4.78 is 13.2. The van der Waals surface area contributed by atoms with E-state index < -0.39 is 0 Å². The second-order valence-electron chi connectivity index (χ2n) is 7.44. The third-order valence-corrected chi connectivity index (χ3v) is 6.58. The Morgan fingerprint density at radius 3 is 2.70 bits per heavy atom. The van der Waals surface area contributed by atoms with Crippen molar-refractivity contribution >= 4 is 22.2 Å². The number of benzene rings is 2. The van der Waals surface area contributed by atoms with Crippen LogP contribution in [0.15, 0.2) is 34.8 Å². The summed E-state index contributed by atoms with van der Waals surface area (Å²) in [6.07, 6.45) is 2.94. The SMILES string of the molecule is COC1c2c(C)c(OCc3ccccc3Br)cc(C)c2CCC1C(C)C=O. The summed E-state index contributed by atoms with van der Waals surface area (Å²) in [5, 5.41) is 0. The van der Waals surface area contributed by atoms with Gasteiger partial charge < -0.3 is 14.3 Å². The minimum Gasteiger partial charge on any atom is -0.489 e. The van der Waals surface area contributed by atoms with E-state index in [1.807, 2.05) is 25.1 Å². The number of methoxy groups -OCH3 is 1. The highest BCUT2D eigenvalue weighted by Gasteiger charge is 2.35. The first-order valence-electron chi connectivity index (χ1n) is 9.45. The van der Waals surface area contributed by atoms with Crippen molar-refractivity contribution in [3.8, 4) is 5.75 Å². The number of carbonyl (C=O) groups is 1. The minimum atomic E-state index is -0.0698. The van der Waals surface area contributed by atoms with Gasteiger partial charge in [-0.2, -0.15) is 0 Å². The fourth-order valence-electron chi connectivity index (χ4n) is 4.21. The molecule has 0 fully saturated rings. The van der Waals surface area contributed by atoms with Gasteiger partial charge in [-0.1, -0.05) is 41.1 Å². The molecule has 0 amide bonds. The van der Waals surface area contributed by atoms with Crippen LogP contribution in [0.2, 0.25) is 0 Å². The van der Waals surface area contributed by atoms with Crippen molar-refractivity contribution in [3.63, 3.8) is 0 Å². The lowest BCUT2D eigenvalue weighted by Crippen LogP contribution is -2.29. The monoisotopic (exact) mass is 430 g/mol. The lowest BCUT2D eigenvalue weighted by atomic mass is 9.73. The highest BCUT2D eigenvalue weighted by atomic mass is 79.9. The van der Waals surface area contributed by atoms with E-state index in [0.29, 0.717) is 6.61 Å². The average Bonchev–Trinajstić information content (AvgIpc) is 2.68. The molecule has 0 saturated carbocycles. The second-order valence-corrected chi connectivity index (χ2v) is 8.30. The van der Waals surface area contributed by atoms with Gasteiger partial charge in [0.2, 0.25) is 0 Å². The van der Waals surface area contributed by atoms with E-state index in [4.69, 9.17) is 9.47 Å². The van der Waals surface area contributed by atoms with Crippen LogP contribution < -0.4 is 4.74 Å². The molecule has 27 heavy (non-hydrogen) atoms. The molecular weight excluding hydrogens is 404 g/mol. The van der Waals surface area contributed by atoms with Crippen molar-refractivity contribution in [2.24, 2.45) is 11.8 Å². The normalized spacial score (nSPS) is 20.0. The van der Waals surface area contributed by atoms with Gasteiger partial charge in [0, 0.05) is 23.1 Å². The molecule has 1 aliphatic carbocycles. The number of hydrogen-bond donors (Lipinski definition) is 0. The Hall–Kier alpha value is -1.65. The lowest BCUT2D eigenvalue weighted by Gasteiger charge is -2.37. The summed E-state index contributed by atoms with van der Waals surface area (Å²) in [5.74, 6) is 1.08. The number of rotatable bonds is 6. The zero-order valence-electron chi connectivity index (χ0n) is 16.4. The summed E-state index contributed by atoms with van der Waals surface area (Å²) in [4.78, 5) is 11.4. The van der Waals surface area contributed by atoms with Gasteiger partial charge in [-0.05, 0) is 67.0 Å². The maximum Gasteiger partial charge on any atom is 0.123 e. The molecule has 0 saturated heterocycles. The van der Waals surface area contributed by atoms with Gasteiger partial charge in [-0.3, -0.25) is 0 Å².